The van der Waals surface area contributed by atoms with Crippen LogP contribution in [0.15, 0.2) is 21.3 Å². The lowest BCUT2D eigenvalue weighted by Crippen LogP contribution is -2.36. The van der Waals surface area contributed by atoms with Crippen LogP contribution in [0.5, 0.6) is 0 Å². The number of aromatic amines is 1. The van der Waals surface area contributed by atoms with Crippen molar-refractivity contribution >= 4 is 22.5 Å². The van der Waals surface area contributed by atoms with Crippen molar-refractivity contribution in [2.75, 3.05) is 30.9 Å². The lowest BCUT2D eigenvalue weighted by molar-refractivity contribution is 0.182. The van der Waals surface area contributed by atoms with Gasteiger partial charge in [0.05, 0.1) is 23.5 Å². The SMILES string of the molecule is CCN(c1cc2[nH]c(=O)oc2cc1N)C(C)COC. The number of rotatable bonds is 5. The molecule has 2 rings (SSSR count). The lowest BCUT2D eigenvalue weighted by Gasteiger charge is -2.30. The first kappa shape index (κ1) is 13.5. The zero-order valence-corrected chi connectivity index (χ0v) is 11.4. The van der Waals surface area contributed by atoms with E-state index in [4.69, 9.17) is 14.9 Å². The highest BCUT2D eigenvalue weighted by molar-refractivity contribution is 5.85. The summed E-state index contributed by atoms with van der Waals surface area (Å²) in [7, 11) is 1.67. The summed E-state index contributed by atoms with van der Waals surface area (Å²) >= 11 is 0. The summed E-state index contributed by atoms with van der Waals surface area (Å²) < 4.78 is 10.2. The molecule has 1 aromatic carbocycles. The van der Waals surface area contributed by atoms with Crippen molar-refractivity contribution in [1.82, 2.24) is 4.98 Å². The molecule has 0 aliphatic heterocycles. The van der Waals surface area contributed by atoms with Crippen LogP contribution in [0.4, 0.5) is 11.4 Å². The number of nitrogens with zero attached hydrogens (tertiary/aromatic N) is 1. The zero-order valence-electron chi connectivity index (χ0n) is 11.4. The van der Waals surface area contributed by atoms with Gasteiger partial charge in [0.25, 0.3) is 0 Å². The number of ether oxygens (including phenoxy) is 1. The largest absolute Gasteiger partial charge is 0.417 e. The second-order valence-electron chi connectivity index (χ2n) is 4.51. The third-order valence-electron chi connectivity index (χ3n) is 3.16. The van der Waals surface area contributed by atoms with E-state index in [1.807, 2.05) is 13.0 Å². The molecule has 0 fully saturated rings. The second kappa shape index (κ2) is 5.36. The number of anilines is 2. The molecule has 0 bridgehead atoms. The van der Waals surface area contributed by atoms with Gasteiger partial charge in [-0.15, -0.1) is 0 Å². The van der Waals surface area contributed by atoms with Crippen molar-refractivity contribution in [3.05, 3.63) is 22.7 Å². The maximum absolute atomic E-state index is 11.2. The average molecular weight is 265 g/mol. The third kappa shape index (κ3) is 2.58. The summed E-state index contributed by atoms with van der Waals surface area (Å²) in [5, 5.41) is 0. The molecule has 0 aliphatic rings. The summed E-state index contributed by atoms with van der Waals surface area (Å²) in [5.74, 6) is -0.473. The first-order chi connectivity index (χ1) is 9.06. The van der Waals surface area contributed by atoms with Crippen molar-refractivity contribution in [3.8, 4) is 0 Å². The van der Waals surface area contributed by atoms with E-state index in [2.05, 4.69) is 16.8 Å². The minimum atomic E-state index is -0.473. The summed E-state index contributed by atoms with van der Waals surface area (Å²) in [4.78, 5) is 16.0. The van der Waals surface area contributed by atoms with Crippen molar-refractivity contribution in [2.45, 2.75) is 19.9 Å². The van der Waals surface area contributed by atoms with Gasteiger partial charge in [-0.3, -0.25) is 4.98 Å². The minimum absolute atomic E-state index is 0.188. The topological polar surface area (TPSA) is 84.5 Å². The van der Waals surface area contributed by atoms with Gasteiger partial charge in [-0.25, -0.2) is 4.79 Å². The van der Waals surface area contributed by atoms with Gasteiger partial charge >= 0.3 is 5.76 Å². The molecule has 0 spiro atoms. The second-order valence-corrected chi connectivity index (χ2v) is 4.51. The molecule has 0 saturated carbocycles. The van der Waals surface area contributed by atoms with E-state index >= 15 is 0 Å². The Morgan fingerprint density at radius 1 is 1.53 bits per heavy atom. The fourth-order valence-electron chi connectivity index (χ4n) is 2.30. The number of hydrogen-bond donors (Lipinski definition) is 2. The molecule has 104 valence electrons. The van der Waals surface area contributed by atoms with Gasteiger partial charge in [-0.1, -0.05) is 0 Å². The van der Waals surface area contributed by atoms with Crippen LogP contribution in [0, 0.1) is 0 Å². The Hall–Kier alpha value is -1.95. The normalized spacial score (nSPS) is 12.8. The van der Waals surface area contributed by atoms with Crippen LogP contribution in [-0.4, -0.2) is 31.3 Å². The highest BCUT2D eigenvalue weighted by Crippen LogP contribution is 2.29. The van der Waals surface area contributed by atoms with E-state index in [0.717, 1.165) is 12.2 Å². The molecule has 6 heteroatoms. The summed E-state index contributed by atoms with van der Waals surface area (Å²) in [6.07, 6.45) is 0. The molecule has 0 aliphatic carbocycles. The Kier molecular flexibility index (Phi) is 3.80. The molecule has 0 radical (unpaired) electrons. The highest BCUT2D eigenvalue weighted by atomic mass is 16.5. The molecule has 3 N–H and O–H groups in total. The van der Waals surface area contributed by atoms with E-state index in [-0.39, 0.29) is 6.04 Å². The van der Waals surface area contributed by atoms with Gasteiger partial charge in [0.15, 0.2) is 5.58 Å². The predicted octanol–water partition coefficient (Wildman–Crippen LogP) is 1.56. The quantitative estimate of drug-likeness (QED) is 0.801. The van der Waals surface area contributed by atoms with Crippen LogP contribution >= 0.6 is 0 Å². The number of aromatic nitrogens is 1. The minimum Gasteiger partial charge on any atom is -0.408 e. The van der Waals surface area contributed by atoms with Gasteiger partial charge in [0, 0.05) is 25.8 Å². The molecule has 0 saturated heterocycles. The molecule has 1 heterocycles. The Morgan fingerprint density at radius 2 is 2.26 bits per heavy atom. The molecule has 1 atom stereocenters. The van der Waals surface area contributed by atoms with Crippen molar-refractivity contribution in [1.29, 1.82) is 0 Å². The van der Waals surface area contributed by atoms with E-state index in [1.54, 1.807) is 13.2 Å². The van der Waals surface area contributed by atoms with Crippen molar-refractivity contribution in [3.63, 3.8) is 0 Å². The van der Waals surface area contributed by atoms with E-state index in [0.29, 0.717) is 23.4 Å². The van der Waals surface area contributed by atoms with Gasteiger partial charge in [-0.2, -0.15) is 0 Å². The third-order valence-corrected chi connectivity index (χ3v) is 3.16. The fraction of sp³-hybridized carbons (Fsp3) is 0.462. The number of nitrogens with two attached hydrogens (primary N) is 1. The van der Waals surface area contributed by atoms with Crippen LogP contribution in [0.25, 0.3) is 11.1 Å². The lowest BCUT2D eigenvalue weighted by atomic mass is 10.2. The molecular formula is C13H19N3O3. The fourth-order valence-corrected chi connectivity index (χ4v) is 2.30. The summed E-state index contributed by atoms with van der Waals surface area (Å²) in [6, 6.07) is 3.70. The van der Waals surface area contributed by atoms with Crippen LogP contribution in [-0.2, 0) is 4.74 Å². The molecule has 6 nitrogen and oxygen atoms in total. The van der Waals surface area contributed by atoms with E-state index in [9.17, 15) is 4.79 Å². The number of hydrogen-bond acceptors (Lipinski definition) is 5. The van der Waals surface area contributed by atoms with Crippen molar-refractivity contribution < 1.29 is 9.15 Å². The molecule has 2 aromatic rings. The zero-order chi connectivity index (χ0) is 14.0. The molecular weight excluding hydrogens is 246 g/mol. The smallest absolute Gasteiger partial charge is 0.408 e. The van der Waals surface area contributed by atoms with Gasteiger partial charge in [0.1, 0.15) is 0 Å². The Labute approximate surface area is 111 Å². The van der Waals surface area contributed by atoms with E-state index in [1.165, 1.54) is 0 Å². The molecule has 0 amide bonds. The molecule has 1 unspecified atom stereocenters. The van der Waals surface area contributed by atoms with Crippen molar-refractivity contribution in [2.24, 2.45) is 0 Å². The Morgan fingerprint density at radius 3 is 2.89 bits per heavy atom. The van der Waals surface area contributed by atoms with Crippen LogP contribution < -0.4 is 16.4 Å². The standard InChI is InChI=1S/C13H19N3O3/c1-4-16(8(2)7-18-3)11-6-10-12(5-9(11)14)19-13(17)15-10/h5-6,8H,4,7,14H2,1-3H3,(H,15,17). The van der Waals surface area contributed by atoms with Crippen LogP contribution in [0.3, 0.4) is 0 Å². The first-order valence-corrected chi connectivity index (χ1v) is 6.24. The highest BCUT2D eigenvalue weighted by Gasteiger charge is 2.17. The van der Waals surface area contributed by atoms with E-state index < -0.39 is 5.76 Å². The van der Waals surface area contributed by atoms with Gasteiger partial charge in [0.2, 0.25) is 0 Å². The number of methoxy groups -OCH3 is 1. The van der Waals surface area contributed by atoms with Gasteiger partial charge < -0.3 is 19.8 Å². The maximum atomic E-state index is 11.2. The molecule has 19 heavy (non-hydrogen) atoms. The Balaban J connectivity index is 2.46. The number of nitrogen functional groups attached to an aromatic ring is 1. The maximum Gasteiger partial charge on any atom is 0.417 e. The summed E-state index contributed by atoms with van der Waals surface area (Å²) in [6.45, 7) is 5.51. The number of oxazole rings is 1. The number of H-pyrrole nitrogens is 1. The number of likely N-dealkylation sites (N-methyl/N-ethyl adjacent to an activating group) is 1. The van der Waals surface area contributed by atoms with Crippen LogP contribution in [0.1, 0.15) is 13.8 Å². The summed E-state index contributed by atoms with van der Waals surface area (Å²) in [5.41, 5.74) is 8.63. The number of fused-ring (bicyclic) bond motifs is 1. The van der Waals surface area contributed by atoms with Gasteiger partial charge in [-0.05, 0) is 19.9 Å². The Bertz CT molecular complexity index is 617. The van der Waals surface area contributed by atoms with Crippen LogP contribution in [0.2, 0.25) is 0 Å². The predicted molar refractivity (Wildman–Crippen MR) is 75.6 cm³/mol. The molecule has 1 aromatic heterocycles. The number of nitrogens with one attached hydrogen (secondary N) is 1. The average Bonchev–Trinajstić information content (AvgIpc) is 2.70. The number of benzene rings is 1. The monoisotopic (exact) mass is 265 g/mol. The first-order valence-electron chi connectivity index (χ1n) is 6.24.